The molecule has 0 radical (unpaired) electrons. The summed E-state index contributed by atoms with van der Waals surface area (Å²) in [6.07, 6.45) is 2.56. The summed E-state index contributed by atoms with van der Waals surface area (Å²) in [6, 6.07) is 5.73. The average molecular weight is 376 g/mol. The number of benzene rings is 1. The molecule has 1 N–H and O–H groups in total. The highest BCUT2D eigenvalue weighted by Gasteiger charge is 2.28. The number of ether oxygens (including phenoxy) is 2. The molecule has 0 bridgehead atoms. The second-order valence-electron chi connectivity index (χ2n) is 8.08. The highest BCUT2D eigenvalue weighted by atomic mass is 16.5. The van der Waals surface area contributed by atoms with Crippen LogP contribution in [0.5, 0.6) is 11.5 Å². The number of piperidine rings is 1. The zero-order valence-electron chi connectivity index (χ0n) is 17.1. The minimum atomic E-state index is -0.219. The van der Waals surface area contributed by atoms with Crippen LogP contribution in [0.3, 0.4) is 0 Å². The number of hydrogen-bond donors (Lipinski definition) is 1. The summed E-state index contributed by atoms with van der Waals surface area (Å²) in [7, 11) is 3.21. The van der Waals surface area contributed by atoms with Gasteiger partial charge < -0.3 is 19.7 Å². The van der Waals surface area contributed by atoms with E-state index < -0.39 is 0 Å². The van der Waals surface area contributed by atoms with Crippen LogP contribution in [-0.2, 0) is 16.0 Å². The predicted octanol–water partition coefficient (Wildman–Crippen LogP) is 2.79. The molecule has 27 heavy (non-hydrogen) atoms. The molecule has 1 aliphatic rings. The zero-order valence-corrected chi connectivity index (χ0v) is 17.1. The Hall–Kier alpha value is -2.24. The van der Waals surface area contributed by atoms with Crippen molar-refractivity contribution >= 4 is 11.8 Å². The summed E-state index contributed by atoms with van der Waals surface area (Å²) in [5, 5.41) is 3.04. The normalized spacial score (nSPS) is 15.4. The topological polar surface area (TPSA) is 67.9 Å². The van der Waals surface area contributed by atoms with Crippen LogP contribution < -0.4 is 14.8 Å². The van der Waals surface area contributed by atoms with E-state index in [4.69, 9.17) is 9.47 Å². The fraction of sp³-hybridized carbons (Fsp3) is 0.619. The number of carbonyl (C=O) groups is 2. The standard InChI is InChI=1S/C21H32N2O4/c1-21(2,3)22-20(25)16-10-12-23(13-11-16)19(24)9-7-15-6-8-17(26-4)18(14-15)27-5/h6,8,14,16H,7,9-13H2,1-5H3,(H,22,25). The SMILES string of the molecule is COc1ccc(CCC(=O)N2CCC(C(=O)NC(C)(C)C)CC2)cc1OC. The molecule has 1 fully saturated rings. The van der Waals surface area contributed by atoms with Crippen molar-refractivity contribution in [3.63, 3.8) is 0 Å². The van der Waals surface area contributed by atoms with E-state index in [2.05, 4.69) is 5.32 Å². The molecular weight excluding hydrogens is 344 g/mol. The lowest BCUT2D eigenvalue weighted by atomic mass is 9.94. The first-order chi connectivity index (χ1) is 12.7. The summed E-state index contributed by atoms with van der Waals surface area (Å²) < 4.78 is 10.5. The summed E-state index contributed by atoms with van der Waals surface area (Å²) in [4.78, 5) is 26.7. The van der Waals surface area contributed by atoms with Gasteiger partial charge in [0.05, 0.1) is 14.2 Å². The van der Waals surface area contributed by atoms with Crippen molar-refractivity contribution in [1.82, 2.24) is 10.2 Å². The molecule has 1 aromatic carbocycles. The van der Waals surface area contributed by atoms with Gasteiger partial charge in [-0.2, -0.15) is 0 Å². The lowest BCUT2D eigenvalue weighted by Gasteiger charge is -2.33. The minimum Gasteiger partial charge on any atom is -0.493 e. The van der Waals surface area contributed by atoms with E-state index in [0.29, 0.717) is 37.4 Å². The molecule has 2 rings (SSSR count). The average Bonchev–Trinajstić information content (AvgIpc) is 2.64. The van der Waals surface area contributed by atoms with Gasteiger partial charge in [-0.05, 0) is 57.7 Å². The Morgan fingerprint density at radius 3 is 2.30 bits per heavy atom. The van der Waals surface area contributed by atoms with Crippen LogP contribution in [0.15, 0.2) is 18.2 Å². The van der Waals surface area contributed by atoms with E-state index in [1.54, 1.807) is 14.2 Å². The van der Waals surface area contributed by atoms with Gasteiger partial charge in [0.2, 0.25) is 11.8 Å². The lowest BCUT2D eigenvalue weighted by Crippen LogP contribution is -2.47. The Bertz CT molecular complexity index is 659. The van der Waals surface area contributed by atoms with Crippen LogP contribution in [0.25, 0.3) is 0 Å². The molecule has 1 aromatic rings. The highest BCUT2D eigenvalue weighted by Crippen LogP contribution is 2.28. The molecule has 6 heteroatoms. The summed E-state index contributed by atoms with van der Waals surface area (Å²) >= 11 is 0. The maximum Gasteiger partial charge on any atom is 0.223 e. The van der Waals surface area contributed by atoms with Crippen molar-refractivity contribution in [3.05, 3.63) is 23.8 Å². The van der Waals surface area contributed by atoms with E-state index in [0.717, 1.165) is 18.4 Å². The molecule has 0 saturated carbocycles. The Morgan fingerprint density at radius 1 is 1.11 bits per heavy atom. The van der Waals surface area contributed by atoms with E-state index in [-0.39, 0.29) is 23.3 Å². The fourth-order valence-corrected chi connectivity index (χ4v) is 3.31. The van der Waals surface area contributed by atoms with E-state index in [9.17, 15) is 9.59 Å². The molecule has 1 heterocycles. The van der Waals surface area contributed by atoms with Gasteiger partial charge in [0.1, 0.15) is 0 Å². The Kier molecular flexibility index (Phi) is 7.11. The van der Waals surface area contributed by atoms with E-state index in [1.807, 2.05) is 43.9 Å². The van der Waals surface area contributed by atoms with Gasteiger partial charge in [0.25, 0.3) is 0 Å². The van der Waals surface area contributed by atoms with E-state index in [1.165, 1.54) is 0 Å². The minimum absolute atomic E-state index is 0.000811. The third-order valence-electron chi connectivity index (χ3n) is 4.79. The number of likely N-dealkylation sites (tertiary alicyclic amines) is 1. The monoisotopic (exact) mass is 376 g/mol. The van der Waals surface area contributed by atoms with Crippen molar-refractivity contribution < 1.29 is 19.1 Å². The fourth-order valence-electron chi connectivity index (χ4n) is 3.31. The third-order valence-corrected chi connectivity index (χ3v) is 4.79. The van der Waals surface area contributed by atoms with Gasteiger partial charge in [0.15, 0.2) is 11.5 Å². The van der Waals surface area contributed by atoms with Gasteiger partial charge in [-0.1, -0.05) is 6.07 Å². The smallest absolute Gasteiger partial charge is 0.223 e. The quantitative estimate of drug-likeness (QED) is 0.829. The first kappa shape index (κ1) is 21.1. The third kappa shape index (κ3) is 6.15. The number of rotatable bonds is 6. The molecule has 0 aliphatic carbocycles. The first-order valence-corrected chi connectivity index (χ1v) is 9.54. The first-order valence-electron chi connectivity index (χ1n) is 9.54. The summed E-state index contributed by atoms with van der Waals surface area (Å²) in [6.45, 7) is 7.24. The van der Waals surface area contributed by atoms with Crippen molar-refractivity contribution in [3.8, 4) is 11.5 Å². The van der Waals surface area contributed by atoms with E-state index >= 15 is 0 Å². The molecule has 1 saturated heterocycles. The zero-order chi connectivity index (χ0) is 20.0. The lowest BCUT2D eigenvalue weighted by molar-refractivity contribution is -0.136. The molecule has 150 valence electrons. The van der Waals surface area contributed by atoms with Gasteiger partial charge in [-0.3, -0.25) is 9.59 Å². The van der Waals surface area contributed by atoms with Gasteiger partial charge >= 0.3 is 0 Å². The highest BCUT2D eigenvalue weighted by molar-refractivity contribution is 5.80. The maximum absolute atomic E-state index is 12.5. The molecule has 0 spiro atoms. The largest absolute Gasteiger partial charge is 0.493 e. The Morgan fingerprint density at radius 2 is 1.74 bits per heavy atom. The predicted molar refractivity (Wildman–Crippen MR) is 105 cm³/mol. The van der Waals surface area contributed by atoms with Crippen LogP contribution in [0.4, 0.5) is 0 Å². The van der Waals surface area contributed by atoms with Crippen molar-refractivity contribution in [2.45, 2.75) is 52.0 Å². The second kappa shape index (κ2) is 9.11. The molecular formula is C21H32N2O4. The Balaban J connectivity index is 1.82. The van der Waals surface area contributed by atoms with Crippen LogP contribution in [0.1, 0.15) is 45.6 Å². The summed E-state index contributed by atoms with van der Waals surface area (Å²) in [5.41, 5.74) is 0.823. The van der Waals surface area contributed by atoms with Crippen LogP contribution in [-0.4, -0.2) is 49.6 Å². The van der Waals surface area contributed by atoms with Crippen molar-refractivity contribution in [2.75, 3.05) is 27.3 Å². The molecule has 1 aliphatic heterocycles. The molecule has 0 atom stereocenters. The number of aryl methyl sites for hydroxylation is 1. The van der Waals surface area contributed by atoms with Crippen molar-refractivity contribution in [2.24, 2.45) is 5.92 Å². The molecule has 0 aromatic heterocycles. The van der Waals surface area contributed by atoms with Gasteiger partial charge in [-0.15, -0.1) is 0 Å². The second-order valence-corrected chi connectivity index (χ2v) is 8.08. The number of amides is 2. The van der Waals surface area contributed by atoms with Crippen molar-refractivity contribution in [1.29, 1.82) is 0 Å². The number of carbonyl (C=O) groups excluding carboxylic acids is 2. The maximum atomic E-state index is 12.5. The van der Waals surface area contributed by atoms with Gasteiger partial charge in [-0.25, -0.2) is 0 Å². The number of methoxy groups -OCH3 is 2. The van der Waals surface area contributed by atoms with Gasteiger partial charge in [0, 0.05) is 31.0 Å². The molecule has 0 unspecified atom stereocenters. The van der Waals surface area contributed by atoms with Crippen LogP contribution in [0, 0.1) is 5.92 Å². The molecule has 2 amide bonds. The van der Waals surface area contributed by atoms with Crippen LogP contribution in [0.2, 0.25) is 0 Å². The Labute approximate surface area is 162 Å². The number of nitrogens with zero attached hydrogens (tertiary/aromatic N) is 1. The summed E-state index contributed by atoms with van der Waals surface area (Å²) in [5.74, 6) is 1.59. The number of nitrogens with one attached hydrogen (secondary N) is 1. The van der Waals surface area contributed by atoms with Crippen LogP contribution >= 0.6 is 0 Å². The molecule has 6 nitrogen and oxygen atoms in total. The number of hydrogen-bond acceptors (Lipinski definition) is 4.